The molecule has 0 unspecified atom stereocenters. The van der Waals surface area contributed by atoms with Crippen LogP contribution in [0.25, 0.3) is 0 Å². The molecule has 21 heavy (non-hydrogen) atoms. The zero-order chi connectivity index (χ0) is 15.5. The minimum atomic E-state index is -0.458. The van der Waals surface area contributed by atoms with Crippen molar-refractivity contribution in [1.29, 1.82) is 5.26 Å². The van der Waals surface area contributed by atoms with Crippen LogP contribution in [0.15, 0.2) is 36.0 Å². The number of hydrogen-bond acceptors (Lipinski definition) is 4. The molecule has 0 saturated heterocycles. The molecule has 2 amide bonds. The number of amides is 2. The van der Waals surface area contributed by atoms with Crippen molar-refractivity contribution in [2.24, 2.45) is 0 Å². The lowest BCUT2D eigenvalue weighted by Crippen LogP contribution is -2.20. The van der Waals surface area contributed by atoms with Gasteiger partial charge in [0.2, 0.25) is 6.41 Å². The van der Waals surface area contributed by atoms with Gasteiger partial charge in [-0.2, -0.15) is 5.26 Å². The first kappa shape index (κ1) is 16.2. The summed E-state index contributed by atoms with van der Waals surface area (Å²) in [6.45, 7) is 3.06. The molecule has 0 bridgehead atoms. The maximum Gasteiger partial charge on any atom is 0.267 e. The largest absolute Gasteiger partial charge is 0.390 e. The van der Waals surface area contributed by atoms with Gasteiger partial charge in [-0.05, 0) is 25.5 Å². The van der Waals surface area contributed by atoms with Gasteiger partial charge in [0, 0.05) is 25.0 Å². The van der Waals surface area contributed by atoms with Crippen LogP contribution in [0.5, 0.6) is 0 Å². The number of benzene rings is 1. The summed E-state index contributed by atoms with van der Waals surface area (Å²) in [6, 6.07) is 9.16. The van der Waals surface area contributed by atoms with E-state index in [4.69, 9.17) is 5.26 Å². The van der Waals surface area contributed by atoms with Crippen LogP contribution in [0.4, 0.5) is 5.69 Å². The summed E-state index contributed by atoms with van der Waals surface area (Å²) >= 11 is 0. The van der Waals surface area contributed by atoms with Gasteiger partial charge < -0.3 is 16.0 Å². The highest BCUT2D eigenvalue weighted by Gasteiger charge is 2.08. The Labute approximate surface area is 123 Å². The quantitative estimate of drug-likeness (QED) is 0.288. The van der Waals surface area contributed by atoms with Crippen molar-refractivity contribution in [2.75, 3.05) is 18.4 Å². The summed E-state index contributed by atoms with van der Waals surface area (Å²) in [6.07, 6.45) is 2.71. The predicted molar refractivity (Wildman–Crippen MR) is 80.2 cm³/mol. The molecule has 1 rings (SSSR count). The third-order valence-electron chi connectivity index (χ3n) is 2.65. The number of aryl methyl sites for hydroxylation is 1. The topological polar surface area (TPSA) is 94.0 Å². The third-order valence-corrected chi connectivity index (χ3v) is 2.65. The molecule has 1 aromatic rings. The smallest absolute Gasteiger partial charge is 0.267 e. The molecule has 6 nitrogen and oxygen atoms in total. The van der Waals surface area contributed by atoms with Crippen LogP contribution < -0.4 is 16.0 Å². The van der Waals surface area contributed by atoms with E-state index in [1.165, 1.54) is 6.20 Å². The predicted octanol–water partition coefficient (Wildman–Crippen LogP) is 1.07. The van der Waals surface area contributed by atoms with Crippen LogP contribution in [-0.4, -0.2) is 25.4 Å². The summed E-state index contributed by atoms with van der Waals surface area (Å²) < 4.78 is 0. The fourth-order valence-corrected chi connectivity index (χ4v) is 1.51. The molecule has 0 fully saturated rings. The first-order valence-electron chi connectivity index (χ1n) is 6.56. The van der Waals surface area contributed by atoms with Crippen LogP contribution in [-0.2, 0) is 9.59 Å². The van der Waals surface area contributed by atoms with Crippen molar-refractivity contribution >= 4 is 18.0 Å². The number of rotatable bonds is 8. The van der Waals surface area contributed by atoms with Crippen LogP contribution in [0, 0.1) is 18.3 Å². The van der Waals surface area contributed by atoms with Crippen LogP contribution in [0.2, 0.25) is 0 Å². The van der Waals surface area contributed by atoms with Crippen molar-refractivity contribution in [2.45, 2.75) is 13.3 Å². The fourth-order valence-electron chi connectivity index (χ4n) is 1.51. The van der Waals surface area contributed by atoms with Gasteiger partial charge in [-0.3, -0.25) is 9.59 Å². The minimum absolute atomic E-state index is 0.000999. The molecule has 0 radical (unpaired) electrons. The fraction of sp³-hybridized carbons (Fsp3) is 0.267. The van der Waals surface area contributed by atoms with Crippen molar-refractivity contribution < 1.29 is 9.59 Å². The van der Waals surface area contributed by atoms with Gasteiger partial charge in [0.15, 0.2) is 0 Å². The Balaban J connectivity index is 2.47. The third kappa shape index (κ3) is 6.25. The van der Waals surface area contributed by atoms with E-state index in [1.807, 2.05) is 25.1 Å². The molecule has 3 N–H and O–H groups in total. The van der Waals surface area contributed by atoms with Crippen molar-refractivity contribution in [1.82, 2.24) is 10.6 Å². The Kier molecular flexibility index (Phi) is 7.08. The number of nitrogens with one attached hydrogen (secondary N) is 3. The molecule has 6 heteroatoms. The Bertz CT molecular complexity index is 544. The lowest BCUT2D eigenvalue weighted by molar-refractivity contribution is -0.112. The average molecular weight is 286 g/mol. The number of hydrogen-bond donors (Lipinski definition) is 3. The highest BCUT2D eigenvalue weighted by atomic mass is 16.1. The van der Waals surface area contributed by atoms with Gasteiger partial charge in [-0.15, -0.1) is 0 Å². The highest BCUT2D eigenvalue weighted by Crippen LogP contribution is 2.09. The molecule has 0 spiro atoms. The summed E-state index contributed by atoms with van der Waals surface area (Å²) in [5.41, 5.74) is 1.73. The van der Waals surface area contributed by atoms with Crippen molar-refractivity contribution in [3.8, 4) is 6.07 Å². The van der Waals surface area contributed by atoms with E-state index < -0.39 is 5.91 Å². The summed E-state index contributed by atoms with van der Waals surface area (Å²) in [7, 11) is 0. The molecule has 0 atom stereocenters. The minimum Gasteiger partial charge on any atom is -0.390 e. The van der Waals surface area contributed by atoms with E-state index in [2.05, 4.69) is 16.0 Å². The van der Waals surface area contributed by atoms with E-state index in [0.717, 1.165) is 5.56 Å². The molecular formula is C15H18N4O2. The lowest BCUT2D eigenvalue weighted by atomic mass is 10.2. The Morgan fingerprint density at radius 1 is 1.24 bits per heavy atom. The van der Waals surface area contributed by atoms with E-state index in [-0.39, 0.29) is 5.57 Å². The second kappa shape index (κ2) is 9.15. The number of carbonyl (C=O) groups is 2. The number of anilines is 1. The molecule has 110 valence electrons. The van der Waals surface area contributed by atoms with Gasteiger partial charge >= 0.3 is 0 Å². The van der Waals surface area contributed by atoms with E-state index in [9.17, 15) is 9.59 Å². The molecule has 0 aliphatic carbocycles. The monoisotopic (exact) mass is 286 g/mol. The molecule has 0 aliphatic heterocycles. The zero-order valence-electron chi connectivity index (χ0n) is 11.8. The van der Waals surface area contributed by atoms with Gasteiger partial charge in [-0.1, -0.05) is 17.7 Å². The molecular weight excluding hydrogens is 268 g/mol. The maximum absolute atomic E-state index is 11.9. The van der Waals surface area contributed by atoms with E-state index in [1.54, 1.807) is 12.1 Å². The molecule has 0 heterocycles. The number of nitriles is 1. The maximum atomic E-state index is 11.9. The van der Waals surface area contributed by atoms with Crippen LogP contribution in [0.3, 0.4) is 0 Å². The molecule has 0 aliphatic rings. The van der Waals surface area contributed by atoms with Crippen LogP contribution in [0.1, 0.15) is 12.0 Å². The SMILES string of the molecule is Cc1ccc(NC(=O)/C(C#N)=C\NCCCNC=O)cc1. The van der Waals surface area contributed by atoms with Gasteiger partial charge in [-0.25, -0.2) is 0 Å². The highest BCUT2D eigenvalue weighted by molar-refractivity contribution is 6.06. The number of nitrogens with zero attached hydrogens (tertiary/aromatic N) is 1. The first-order chi connectivity index (χ1) is 10.2. The van der Waals surface area contributed by atoms with Crippen molar-refractivity contribution in [3.05, 3.63) is 41.6 Å². The Hall–Kier alpha value is -2.81. The second-order valence-corrected chi connectivity index (χ2v) is 4.37. The normalized spacial score (nSPS) is 10.4. The van der Waals surface area contributed by atoms with E-state index >= 15 is 0 Å². The Morgan fingerprint density at radius 3 is 2.52 bits per heavy atom. The Morgan fingerprint density at radius 2 is 1.90 bits per heavy atom. The lowest BCUT2D eigenvalue weighted by Gasteiger charge is -2.05. The van der Waals surface area contributed by atoms with E-state index in [0.29, 0.717) is 31.6 Å². The second-order valence-electron chi connectivity index (χ2n) is 4.37. The molecule has 0 saturated carbocycles. The summed E-state index contributed by atoms with van der Waals surface area (Å²) in [4.78, 5) is 21.9. The molecule has 0 aromatic heterocycles. The number of carbonyl (C=O) groups excluding carboxylic acids is 2. The average Bonchev–Trinajstić information content (AvgIpc) is 2.49. The van der Waals surface area contributed by atoms with Crippen LogP contribution >= 0.6 is 0 Å². The summed E-state index contributed by atoms with van der Waals surface area (Å²) in [5.74, 6) is -0.458. The van der Waals surface area contributed by atoms with Gasteiger partial charge in [0.25, 0.3) is 5.91 Å². The molecule has 1 aromatic carbocycles. The van der Waals surface area contributed by atoms with Gasteiger partial charge in [0.1, 0.15) is 11.6 Å². The van der Waals surface area contributed by atoms with Crippen molar-refractivity contribution in [3.63, 3.8) is 0 Å². The zero-order valence-corrected chi connectivity index (χ0v) is 11.8. The first-order valence-corrected chi connectivity index (χ1v) is 6.56. The standard InChI is InChI=1S/C15H18N4O2/c1-12-3-5-14(6-4-12)19-15(21)13(9-16)10-17-7-2-8-18-11-20/h3-6,10-11,17H,2,7-8H2,1H3,(H,18,20)(H,19,21)/b13-10-. The summed E-state index contributed by atoms with van der Waals surface area (Å²) in [5, 5.41) is 17.0. The van der Waals surface area contributed by atoms with Gasteiger partial charge in [0.05, 0.1) is 0 Å².